The van der Waals surface area contributed by atoms with Crippen LogP contribution in [0.5, 0.6) is 0 Å². The van der Waals surface area contributed by atoms with E-state index in [9.17, 15) is 4.79 Å². The molecule has 0 aliphatic rings. The summed E-state index contributed by atoms with van der Waals surface area (Å²) < 4.78 is 0.752. The lowest BCUT2D eigenvalue weighted by Crippen LogP contribution is -2.35. The number of nitrogens with two attached hydrogens (primary N) is 1. The molecule has 0 fully saturated rings. The van der Waals surface area contributed by atoms with Gasteiger partial charge in [-0.3, -0.25) is 4.79 Å². The van der Waals surface area contributed by atoms with Gasteiger partial charge in [0, 0.05) is 23.8 Å². The van der Waals surface area contributed by atoms with Gasteiger partial charge in [-0.1, -0.05) is 6.92 Å². The third-order valence-corrected chi connectivity index (χ3v) is 3.12. The second-order valence-electron chi connectivity index (χ2n) is 3.76. The van der Waals surface area contributed by atoms with Gasteiger partial charge in [-0.15, -0.1) is 0 Å². The van der Waals surface area contributed by atoms with Gasteiger partial charge in [-0.2, -0.15) is 0 Å². The summed E-state index contributed by atoms with van der Waals surface area (Å²) >= 11 is 3.28. The quantitative estimate of drug-likeness (QED) is 0.927. The highest BCUT2D eigenvalue weighted by Gasteiger charge is 2.19. The molecule has 0 spiro atoms. The van der Waals surface area contributed by atoms with Crippen LogP contribution in [0, 0.1) is 0 Å². The van der Waals surface area contributed by atoms with Crippen LogP contribution in [0.1, 0.15) is 30.6 Å². The molecule has 0 aromatic carbocycles. The number of amides is 1. The first-order valence-electron chi connectivity index (χ1n) is 5.15. The fraction of sp³-hybridized carbons (Fsp3) is 0.455. The Labute approximate surface area is 104 Å². The molecule has 0 saturated carbocycles. The monoisotopic (exact) mass is 285 g/mol. The fourth-order valence-electron chi connectivity index (χ4n) is 1.29. The molecule has 1 rings (SSSR count). The number of hydrogen-bond donors (Lipinski definition) is 1. The van der Waals surface area contributed by atoms with E-state index < -0.39 is 0 Å². The highest BCUT2D eigenvalue weighted by molar-refractivity contribution is 9.10. The molecular weight excluding hydrogens is 270 g/mol. The van der Waals surface area contributed by atoms with Crippen molar-refractivity contribution in [2.24, 2.45) is 0 Å². The molecule has 0 aliphatic carbocycles. The highest BCUT2D eigenvalue weighted by atomic mass is 79.9. The maximum absolute atomic E-state index is 12.1. The summed E-state index contributed by atoms with van der Waals surface area (Å²) in [6.45, 7) is 4.04. The number of rotatable bonds is 3. The highest BCUT2D eigenvalue weighted by Crippen LogP contribution is 2.18. The average Bonchev–Trinajstić information content (AvgIpc) is 2.29. The minimum Gasteiger partial charge on any atom is -0.383 e. The summed E-state index contributed by atoms with van der Waals surface area (Å²) in [5.41, 5.74) is 6.13. The molecule has 4 nitrogen and oxygen atoms in total. The Morgan fingerprint density at radius 1 is 1.69 bits per heavy atom. The van der Waals surface area contributed by atoms with Crippen LogP contribution in [0.4, 0.5) is 5.82 Å². The van der Waals surface area contributed by atoms with Crippen molar-refractivity contribution in [1.29, 1.82) is 0 Å². The maximum atomic E-state index is 12.1. The van der Waals surface area contributed by atoms with E-state index in [-0.39, 0.29) is 17.8 Å². The van der Waals surface area contributed by atoms with Gasteiger partial charge in [-0.25, -0.2) is 4.98 Å². The number of hydrogen-bond acceptors (Lipinski definition) is 3. The molecule has 0 bridgehead atoms. The van der Waals surface area contributed by atoms with Gasteiger partial charge in [0.15, 0.2) is 0 Å². The van der Waals surface area contributed by atoms with Crippen LogP contribution in [0.15, 0.2) is 16.7 Å². The summed E-state index contributed by atoms with van der Waals surface area (Å²) in [4.78, 5) is 17.7. The van der Waals surface area contributed by atoms with Crippen LogP contribution in [0.3, 0.4) is 0 Å². The molecule has 1 heterocycles. The van der Waals surface area contributed by atoms with Gasteiger partial charge in [0.2, 0.25) is 0 Å². The lowest BCUT2D eigenvalue weighted by Gasteiger charge is -2.24. The van der Waals surface area contributed by atoms with Crippen molar-refractivity contribution >= 4 is 27.7 Å². The molecule has 2 N–H and O–H groups in total. The van der Waals surface area contributed by atoms with Crippen LogP contribution in [0.2, 0.25) is 0 Å². The summed E-state index contributed by atoms with van der Waals surface area (Å²) in [6.07, 6.45) is 2.49. The van der Waals surface area contributed by atoms with Crippen LogP contribution in [-0.4, -0.2) is 28.9 Å². The zero-order chi connectivity index (χ0) is 12.3. The van der Waals surface area contributed by atoms with Crippen molar-refractivity contribution in [3.05, 3.63) is 22.3 Å². The molecule has 1 atom stereocenters. The predicted octanol–water partition coefficient (Wildman–Crippen LogP) is 2.30. The van der Waals surface area contributed by atoms with Gasteiger partial charge in [-0.05, 0) is 35.3 Å². The lowest BCUT2D eigenvalue weighted by molar-refractivity contribution is 0.0741. The normalized spacial score (nSPS) is 12.2. The molecule has 1 amide bonds. The minimum absolute atomic E-state index is 0.0966. The lowest BCUT2D eigenvalue weighted by atomic mass is 10.2. The molecule has 1 aromatic rings. The molecule has 0 saturated heterocycles. The molecule has 0 aliphatic heterocycles. The zero-order valence-electron chi connectivity index (χ0n) is 9.70. The molecule has 5 heteroatoms. The summed E-state index contributed by atoms with van der Waals surface area (Å²) in [6, 6.07) is 1.88. The van der Waals surface area contributed by atoms with E-state index in [0.717, 1.165) is 10.9 Å². The zero-order valence-corrected chi connectivity index (χ0v) is 11.3. The van der Waals surface area contributed by atoms with E-state index in [1.165, 1.54) is 0 Å². The molecule has 16 heavy (non-hydrogen) atoms. The molecule has 1 aromatic heterocycles. The van der Waals surface area contributed by atoms with Gasteiger partial charge < -0.3 is 10.6 Å². The Kier molecular flexibility index (Phi) is 4.29. The Morgan fingerprint density at radius 3 is 2.88 bits per heavy atom. The first kappa shape index (κ1) is 13.0. The van der Waals surface area contributed by atoms with Crippen molar-refractivity contribution in [2.75, 3.05) is 12.8 Å². The number of aromatic nitrogens is 1. The van der Waals surface area contributed by atoms with Gasteiger partial charge in [0.25, 0.3) is 5.91 Å². The Hall–Kier alpha value is -1.10. The number of pyridine rings is 1. The summed E-state index contributed by atoms with van der Waals surface area (Å²) in [7, 11) is 1.77. The van der Waals surface area contributed by atoms with Gasteiger partial charge >= 0.3 is 0 Å². The Bertz CT molecular complexity index is 395. The third-order valence-electron chi connectivity index (χ3n) is 2.69. The van der Waals surface area contributed by atoms with Crippen molar-refractivity contribution < 1.29 is 4.79 Å². The minimum atomic E-state index is -0.0966. The fourth-order valence-corrected chi connectivity index (χ4v) is 1.62. The number of nitrogen functional groups attached to an aromatic ring is 1. The third kappa shape index (κ3) is 2.72. The van der Waals surface area contributed by atoms with E-state index in [1.54, 1.807) is 24.2 Å². The van der Waals surface area contributed by atoms with Crippen molar-refractivity contribution in [3.8, 4) is 0 Å². The Morgan fingerprint density at radius 2 is 2.31 bits per heavy atom. The smallest absolute Gasteiger partial charge is 0.257 e. The van der Waals surface area contributed by atoms with Gasteiger partial charge in [0.1, 0.15) is 5.82 Å². The SMILES string of the molecule is CCC(C)N(C)C(=O)c1cc(Br)cnc1N. The van der Waals surface area contributed by atoms with E-state index in [2.05, 4.69) is 20.9 Å². The standard InChI is InChI=1S/C11H16BrN3O/c1-4-7(2)15(3)11(16)9-5-8(12)6-14-10(9)13/h5-7H,4H2,1-3H3,(H2,13,14). The molecule has 1 unspecified atom stereocenters. The predicted molar refractivity (Wildman–Crippen MR) is 68.2 cm³/mol. The Balaban J connectivity index is 3.00. The van der Waals surface area contributed by atoms with E-state index in [0.29, 0.717) is 5.56 Å². The first-order valence-corrected chi connectivity index (χ1v) is 5.94. The number of carbonyl (C=O) groups is 1. The number of anilines is 1. The molecule has 88 valence electrons. The van der Waals surface area contributed by atoms with Crippen molar-refractivity contribution in [3.63, 3.8) is 0 Å². The second-order valence-corrected chi connectivity index (χ2v) is 4.68. The summed E-state index contributed by atoms with van der Waals surface area (Å²) in [5, 5.41) is 0. The van der Waals surface area contributed by atoms with Gasteiger partial charge in [0.05, 0.1) is 5.56 Å². The van der Waals surface area contributed by atoms with Crippen LogP contribution >= 0.6 is 15.9 Å². The van der Waals surface area contributed by atoms with Crippen molar-refractivity contribution in [1.82, 2.24) is 9.88 Å². The number of nitrogens with zero attached hydrogens (tertiary/aromatic N) is 2. The number of halogens is 1. The van der Waals surface area contributed by atoms with Crippen LogP contribution < -0.4 is 5.73 Å². The summed E-state index contributed by atoms with van der Waals surface area (Å²) in [5.74, 6) is 0.170. The van der Waals surface area contributed by atoms with E-state index >= 15 is 0 Å². The van der Waals surface area contributed by atoms with Crippen LogP contribution in [0.25, 0.3) is 0 Å². The van der Waals surface area contributed by atoms with Crippen molar-refractivity contribution in [2.45, 2.75) is 26.3 Å². The molecule has 0 radical (unpaired) electrons. The second kappa shape index (κ2) is 5.30. The maximum Gasteiger partial charge on any atom is 0.257 e. The number of carbonyl (C=O) groups excluding carboxylic acids is 1. The average molecular weight is 286 g/mol. The largest absolute Gasteiger partial charge is 0.383 e. The van der Waals surface area contributed by atoms with E-state index in [4.69, 9.17) is 5.73 Å². The van der Waals surface area contributed by atoms with Crippen LogP contribution in [-0.2, 0) is 0 Å². The topological polar surface area (TPSA) is 59.2 Å². The first-order chi connectivity index (χ1) is 7.47. The van der Waals surface area contributed by atoms with E-state index in [1.807, 2.05) is 13.8 Å². The molecular formula is C11H16BrN3O.